The van der Waals surface area contributed by atoms with E-state index in [0.29, 0.717) is 23.2 Å². The molecule has 9 heteroatoms. The Morgan fingerprint density at radius 2 is 2.04 bits per heavy atom. The topological polar surface area (TPSA) is 104 Å². The first kappa shape index (κ1) is 21.1. The summed E-state index contributed by atoms with van der Waals surface area (Å²) in [6, 6.07) is 7.25. The Morgan fingerprint density at radius 3 is 2.79 bits per heavy atom. The van der Waals surface area contributed by atoms with Crippen LogP contribution in [0.2, 0.25) is 0 Å². The number of nitrogens with zero attached hydrogens (tertiary/aromatic N) is 1. The van der Waals surface area contributed by atoms with E-state index < -0.39 is 24.5 Å². The predicted octanol–water partition coefficient (Wildman–Crippen LogP) is 2.45. The number of nitrogens with one attached hydrogen (secondary N) is 1. The van der Waals surface area contributed by atoms with E-state index in [1.807, 2.05) is 19.1 Å². The quantitative estimate of drug-likeness (QED) is 0.506. The van der Waals surface area contributed by atoms with Crippen molar-refractivity contribution in [3.63, 3.8) is 0 Å². The SMILES string of the molecule is CCOc1ccccc1/C=C/C(=O)OCC(=O)Nc1nc(CC(=O)OC)cs1. The highest BCUT2D eigenvalue weighted by atomic mass is 32.1. The fraction of sp³-hybridized carbons (Fsp3) is 0.263. The standard InChI is InChI=1S/C19H20N2O6S/c1-3-26-15-7-5-4-6-13(15)8-9-17(23)27-11-16(22)21-19-20-14(12-28-19)10-18(24)25-2/h4-9,12H,3,10-11H2,1-2H3,(H,20,21,22)/b9-8+. The van der Waals surface area contributed by atoms with E-state index in [4.69, 9.17) is 9.47 Å². The first-order valence-electron chi connectivity index (χ1n) is 8.39. The Morgan fingerprint density at radius 1 is 1.25 bits per heavy atom. The number of benzene rings is 1. The minimum Gasteiger partial charge on any atom is -0.493 e. The average Bonchev–Trinajstić information content (AvgIpc) is 3.12. The van der Waals surface area contributed by atoms with E-state index in [1.165, 1.54) is 13.2 Å². The Balaban J connectivity index is 1.81. The summed E-state index contributed by atoms with van der Waals surface area (Å²) >= 11 is 1.16. The minimum absolute atomic E-state index is 0.0197. The van der Waals surface area contributed by atoms with Crippen molar-refractivity contribution in [2.24, 2.45) is 0 Å². The molecule has 0 aliphatic rings. The third-order valence-electron chi connectivity index (χ3n) is 3.31. The molecule has 0 fully saturated rings. The summed E-state index contributed by atoms with van der Waals surface area (Å²) in [7, 11) is 1.29. The summed E-state index contributed by atoms with van der Waals surface area (Å²) in [6.45, 7) is 1.92. The number of rotatable bonds is 9. The summed E-state index contributed by atoms with van der Waals surface area (Å²) in [5, 5.41) is 4.45. The molecule has 0 radical (unpaired) electrons. The van der Waals surface area contributed by atoms with E-state index in [1.54, 1.807) is 23.6 Å². The third kappa shape index (κ3) is 6.84. The molecule has 0 saturated heterocycles. The lowest BCUT2D eigenvalue weighted by Crippen LogP contribution is -2.20. The Labute approximate surface area is 166 Å². The van der Waals surface area contributed by atoms with Crippen LogP contribution in [0.4, 0.5) is 5.13 Å². The molecule has 1 aromatic heterocycles. The zero-order chi connectivity index (χ0) is 20.4. The molecule has 0 aliphatic carbocycles. The number of amides is 1. The lowest BCUT2D eigenvalue weighted by Gasteiger charge is -2.06. The fourth-order valence-corrected chi connectivity index (χ4v) is 2.80. The molecule has 1 amide bonds. The number of anilines is 1. The lowest BCUT2D eigenvalue weighted by atomic mass is 10.2. The van der Waals surface area contributed by atoms with Gasteiger partial charge < -0.3 is 14.2 Å². The van der Waals surface area contributed by atoms with Crippen molar-refractivity contribution in [2.45, 2.75) is 13.3 Å². The molecule has 0 unspecified atom stereocenters. The second kappa shape index (κ2) is 10.8. The van der Waals surface area contributed by atoms with Crippen LogP contribution in [0.5, 0.6) is 5.75 Å². The zero-order valence-electron chi connectivity index (χ0n) is 15.5. The summed E-state index contributed by atoms with van der Waals surface area (Å²) in [4.78, 5) is 38.9. The van der Waals surface area contributed by atoms with Crippen molar-refractivity contribution >= 4 is 40.4 Å². The molecule has 148 valence electrons. The van der Waals surface area contributed by atoms with Crippen LogP contribution >= 0.6 is 11.3 Å². The Bertz CT molecular complexity index is 862. The van der Waals surface area contributed by atoms with Crippen molar-refractivity contribution in [3.05, 3.63) is 47.0 Å². The van der Waals surface area contributed by atoms with Gasteiger partial charge in [-0.15, -0.1) is 11.3 Å². The third-order valence-corrected chi connectivity index (χ3v) is 4.12. The molecule has 1 N–H and O–H groups in total. The second-order valence-corrected chi connectivity index (χ2v) is 6.22. The Hall–Kier alpha value is -3.20. The molecule has 1 heterocycles. The number of carbonyl (C=O) groups excluding carboxylic acids is 3. The fourth-order valence-electron chi connectivity index (χ4n) is 2.07. The van der Waals surface area contributed by atoms with Gasteiger partial charge in [-0.25, -0.2) is 9.78 Å². The number of thiazole rings is 1. The Kier molecular flexibility index (Phi) is 8.16. The van der Waals surface area contributed by atoms with Crippen LogP contribution in [0.3, 0.4) is 0 Å². The second-order valence-electron chi connectivity index (χ2n) is 5.36. The van der Waals surface area contributed by atoms with Crippen LogP contribution in [-0.4, -0.2) is 43.2 Å². The summed E-state index contributed by atoms with van der Waals surface area (Å²) in [6.07, 6.45) is 2.81. The molecular formula is C19H20N2O6S. The smallest absolute Gasteiger partial charge is 0.331 e. The van der Waals surface area contributed by atoms with Crippen molar-refractivity contribution < 1.29 is 28.6 Å². The molecule has 0 saturated carbocycles. The maximum Gasteiger partial charge on any atom is 0.331 e. The number of methoxy groups -OCH3 is 1. The van der Waals surface area contributed by atoms with E-state index in [-0.39, 0.29) is 6.42 Å². The van der Waals surface area contributed by atoms with Gasteiger partial charge in [-0.1, -0.05) is 18.2 Å². The normalized spacial score (nSPS) is 10.5. The van der Waals surface area contributed by atoms with E-state index >= 15 is 0 Å². The molecule has 0 spiro atoms. The average molecular weight is 404 g/mol. The predicted molar refractivity (Wildman–Crippen MR) is 104 cm³/mol. The highest BCUT2D eigenvalue weighted by Gasteiger charge is 2.11. The molecule has 0 atom stereocenters. The molecule has 0 bridgehead atoms. The van der Waals surface area contributed by atoms with Crippen LogP contribution < -0.4 is 10.1 Å². The van der Waals surface area contributed by atoms with Gasteiger partial charge in [0.1, 0.15) is 5.75 Å². The summed E-state index contributed by atoms with van der Waals surface area (Å²) in [5.41, 5.74) is 1.21. The van der Waals surface area contributed by atoms with Gasteiger partial charge in [-0.3, -0.25) is 14.9 Å². The van der Waals surface area contributed by atoms with Crippen LogP contribution in [0.15, 0.2) is 35.7 Å². The van der Waals surface area contributed by atoms with Gasteiger partial charge in [0, 0.05) is 17.0 Å². The number of aromatic nitrogens is 1. The van der Waals surface area contributed by atoms with Crippen molar-refractivity contribution in [1.29, 1.82) is 0 Å². The van der Waals surface area contributed by atoms with Gasteiger partial charge in [-0.2, -0.15) is 0 Å². The molecule has 2 rings (SSSR count). The zero-order valence-corrected chi connectivity index (χ0v) is 16.3. The number of carbonyl (C=O) groups is 3. The molecule has 28 heavy (non-hydrogen) atoms. The highest BCUT2D eigenvalue weighted by Crippen LogP contribution is 2.19. The molecule has 8 nitrogen and oxygen atoms in total. The maximum absolute atomic E-state index is 11.9. The molecular weight excluding hydrogens is 384 g/mol. The number of para-hydroxylation sites is 1. The summed E-state index contributed by atoms with van der Waals surface area (Å²) < 4.78 is 14.9. The first-order valence-corrected chi connectivity index (χ1v) is 9.27. The highest BCUT2D eigenvalue weighted by molar-refractivity contribution is 7.13. The monoisotopic (exact) mass is 404 g/mol. The van der Waals surface area contributed by atoms with Gasteiger partial charge in [0.2, 0.25) is 0 Å². The molecule has 2 aromatic rings. The maximum atomic E-state index is 11.9. The molecule has 1 aromatic carbocycles. The van der Waals surface area contributed by atoms with Crippen LogP contribution in [0, 0.1) is 0 Å². The number of esters is 2. The summed E-state index contributed by atoms with van der Waals surface area (Å²) in [5.74, 6) is -0.962. The number of hydrogen-bond acceptors (Lipinski definition) is 8. The van der Waals surface area contributed by atoms with Gasteiger partial charge >= 0.3 is 11.9 Å². The minimum atomic E-state index is -0.660. The first-order chi connectivity index (χ1) is 13.5. The van der Waals surface area contributed by atoms with Gasteiger partial charge in [0.25, 0.3) is 5.91 Å². The van der Waals surface area contributed by atoms with Crippen molar-refractivity contribution in [3.8, 4) is 5.75 Å². The van der Waals surface area contributed by atoms with Gasteiger partial charge in [0.05, 0.1) is 25.8 Å². The molecule has 0 aliphatic heterocycles. The van der Waals surface area contributed by atoms with Crippen molar-refractivity contribution in [1.82, 2.24) is 4.98 Å². The largest absolute Gasteiger partial charge is 0.493 e. The van der Waals surface area contributed by atoms with E-state index in [0.717, 1.165) is 16.9 Å². The van der Waals surface area contributed by atoms with Crippen molar-refractivity contribution in [2.75, 3.05) is 25.6 Å². The van der Waals surface area contributed by atoms with Gasteiger partial charge in [0.15, 0.2) is 11.7 Å². The van der Waals surface area contributed by atoms with Crippen LogP contribution in [-0.2, 0) is 30.3 Å². The van der Waals surface area contributed by atoms with Crippen LogP contribution in [0.1, 0.15) is 18.2 Å². The van der Waals surface area contributed by atoms with E-state index in [9.17, 15) is 14.4 Å². The number of ether oxygens (including phenoxy) is 3. The van der Waals surface area contributed by atoms with Crippen LogP contribution in [0.25, 0.3) is 6.08 Å². The van der Waals surface area contributed by atoms with Gasteiger partial charge in [-0.05, 0) is 19.1 Å². The lowest BCUT2D eigenvalue weighted by molar-refractivity contribution is -0.142. The van der Waals surface area contributed by atoms with E-state index in [2.05, 4.69) is 15.0 Å². The number of hydrogen-bond donors (Lipinski definition) is 1.